The summed E-state index contributed by atoms with van der Waals surface area (Å²) in [6.45, 7) is -0.167. The van der Waals surface area contributed by atoms with E-state index in [0.29, 0.717) is 6.54 Å². The van der Waals surface area contributed by atoms with Gasteiger partial charge in [-0.05, 0) is 43.0 Å². The van der Waals surface area contributed by atoms with E-state index in [1.165, 1.54) is 6.07 Å². The number of para-hydroxylation sites is 1. The molecule has 34 heavy (non-hydrogen) atoms. The molecule has 11 heteroatoms. The van der Waals surface area contributed by atoms with Gasteiger partial charge in [-0.1, -0.05) is 30.3 Å². The third-order valence-corrected chi connectivity index (χ3v) is 8.08. The molecule has 0 bridgehead atoms. The highest BCUT2D eigenvalue weighted by molar-refractivity contribution is 7.89. The fraction of sp³-hybridized carbons (Fsp3) is 0.391. The van der Waals surface area contributed by atoms with Crippen LogP contribution in [0.4, 0.5) is 18.9 Å². The van der Waals surface area contributed by atoms with Crippen LogP contribution in [-0.4, -0.2) is 50.8 Å². The number of carbonyl (C=O) groups is 2. The molecule has 0 atom stereocenters. The van der Waals surface area contributed by atoms with E-state index in [4.69, 9.17) is 4.74 Å². The van der Waals surface area contributed by atoms with E-state index in [2.05, 4.69) is 0 Å². The Balaban J connectivity index is 1.33. The van der Waals surface area contributed by atoms with Gasteiger partial charge in [0.25, 0.3) is 5.91 Å². The second-order valence-electron chi connectivity index (χ2n) is 8.20. The molecule has 2 aromatic rings. The van der Waals surface area contributed by atoms with Gasteiger partial charge in [0, 0.05) is 25.3 Å². The Kier molecular flexibility index (Phi) is 6.68. The Labute approximate surface area is 195 Å². The van der Waals surface area contributed by atoms with Gasteiger partial charge in [0.05, 0.1) is 16.4 Å². The zero-order valence-electron chi connectivity index (χ0n) is 18.1. The van der Waals surface area contributed by atoms with Crippen LogP contribution in [0.1, 0.15) is 24.0 Å². The molecule has 0 N–H and O–H groups in total. The van der Waals surface area contributed by atoms with Crippen LogP contribution < -0.4 is 4.90 Å². The monoisotopic (exact) mass is 496 g/mol. The zero-order chi connectivity index (χ0) is 24.5. The van der Waals surface area contributed by atoms with Gasteiger partial charge in [-0.3, -0.25) is 9.59 Å². The van der Waals surface area contributed by atoms with Crippen LogP contribution in [0.25, 0.3) is 0 Å². The maximum Gasteiger partial charge on any atom is 0.417 e. The summed E-state index contributed by atoms with van der Waals surface area (Å²) < 4.78 is 71.7. The largest absolute Gasteiger partial charge is 0.455 e. The minimum absolute atomic E-state index is 0.0903. The predicted molar refractivity (Wildman–Crippen MR) is 116 cm³/mol. The highest BCUT2D eigenvalue weighted by Crippen LogP contribution is 2.36. The van der Waals surface area contributed by atoms with Gasteiger partial charge in [-0.15, -0.1) is 0 Å². The second-order valence-corrected chi connectivity index (χ2v) is 10.1. The van der Waals surface area contributed by atoms with E-state index in [1.807, 2.05) is 24.3 Å². The fourth-order valence-electron chi connectivity index (χ4n) is 4.32. The first kappa shape index (κ1) is 24.2. The summed E-state index contributed by atoms with van der Waals surface area (Å²) in [6.07, 6.45) is -3.91. The number of anilines is 1. The molecular formula is C23H23F3N2O5S. The molecule has 1 saturated heterocycles. The quantitative estimate of drug-likeness (QED) is 0.594. The van der Waals surface area contributed by atoms with Crippen molar-refractivity contribution in [3.8, 4) is 0 Å². The van der Waals surface area contributed by atoms with Gasteiger partial charge in [-0.2, -0.15) is 17.5 Å². The van der Waals surface area contributed by atoms with E-state index in [9.17, 15) is 31.2 Å². The van der Waals surface area contributed by atoms with Crippen molar-refractivity contribution in [1.29, 1.82) is 0 Å². The van der Waals surface area contributed by atoms with Crippen molar-refractivity contribution in [3.05, 3.63) is 59.7 Å². The Morgan fingerprint density at radius 2 is 1.62 bits per heavy atom. The number of nitrogens with zero attached hydrogens (tertiary/aromatic N) is 2. The van der Waals surface area contributed by atoms with Gasteiger partial charge >= 0.3 is 12.1 Å². The van der Waals surface area contributed by atoms with E-state index >= 15 is 0 Å². The van der Waals surface area contributed by atoms with Crippen LogP contribution in [0.2, 0.25) is 0 Å². The molecule has 182 valence electrons. The number of rotatable bonds is 5. The first-order chi connectivity index (χ1) is 16.1. The van der Waals surface area contributed by atoms with Crippen LogP contribution in [0.3, 0.4) is 0 Å². The highest BCUT2D eigenvalue weighted by atomic mass is 32.2. The number of hydrogen-bond acceptors (Lipinski definition) is 5. The van der Waals surface area contributed by atoms with Crippen LogP contribution in [-0.2, 0) is 36.9 Å². The fourth-order valence-corrected chi connectivity index (χ4v) is 6.00. The summed E-state index contributed by atoms with van der Waals surface area (Å²) in [6, 6.07) is 11.5. The van der Waals surface area contributed by atoms with E-state index in [1.54, 1.807) is 4.90 Å². The summed E-state index contributed by atoms with van der Waals surface area (Å²) in [4.78, 5) is 25.7. The summed E-state index contributed by atoms with van der Waals surface area (Å²) in [5.41, 5.74) is 0.614. The molecule has 0 spiro atoms. The number of alkyl halides is 3. The standard InChI is InChI=1S/C23H23F3N2O5S/c24-23(25,26)18-6-2-4-8-20(18)34(31,32)27-12-9-17(10-13-27)22(30)33-15-21(29)28-14-11-16-5-1-3-7-19(16)28/h1-8,17H,9-15H2. The average Bonchev–Trinajstić information content (AvgIpc) is 3.26. The number of benzene rings is 2. The van der Waals surface area contributed by atoms with Crippen molar-refractivity contribution in [2.75, 3.05) is 31.1 Å². The summed E-state index contributed by atoms with van der Waals surface area (Å²) in [7, 11) is -4.39. The van der Waals surface area contributed by atoms with E-state index < -0.39 is 45.2 Å². The van der Waals surface area contributed by atoms with Crippen molar-refractivity contribution >= 4 is 27.6 Å². The van der Waals surface area contributed by atoms with Crippen molar-refractivity contribution in [3.63, 3.8) is 0 Å². The molecule has 1 amide bonds. The molecule has 0 saturated carbocycles. The van der Waals surface area contributed by atoms with Crippen LogP contribution in [0, 0.1) is 5.92 Å². The third-order valence-electron chi connectivity index (χ3n) is 6.12. The summed E-state index contributed by atoms with van der Waals surface area (Å²) in [5, 5.41) is 0. The van der Waals surface area contributed by atoms with Crippen molar-refractivity contribution in [2.24, 2.45) is 5.92 Å². The summed E-state index contributed by atoms with van der Waals surface area (Å²) >= 11 is 0. The normalized spacial score (nSPS) is 17.4. The molecule has 2 aliphatic heterocycles. The number of hydrogen-bond donors (Lipinski definition) is 0. The molecule has 0 unspecified atom stereocenters. The molecule has 2 aliphatic rings. The van der Waals surface area contributed by atoms with Gasteiger partial charge < -0.3 is 9.64 Å². The zero-order valence-corrected chi connectivity index (χ0v) is 18.9. The Morgan fingerprint density at radius 1 is 0.971 bits per heavy atom. The molecule has 0 aliphatic carbocycles. The SMILES string of the molecule is O=C(OCC(=O)N1CCc2ccccc21)C1CCN(S(=O)(=O)c2ccccc2C(F)(F)F)CC1. The maximum atomic E-state index is 13.3. The number of piperidine rings is 1. The van der Waals surface area contributed by atoms with Gasteiger partial charge in [0.1, 0.15) is 0 Å². The molecule has 2 aromatic carbocycles. The topological polar surface area (TPSA) is 84.0 Å². The lowest BCUT2D eigenvalue weighted by Crippen LogP contribution is -2.41. The highest BCUT2D eigenvalue weighted by Gasteiger charge is 2.40. The number of halogens is 3. The molecule has 0 radical (unpaired) electrons. The van der Waals surface area contributed by atoms with Gasteiger partial charge in [0.2, 0.25) is 10.0 Å². The number of esters is 1. The summed E-state index contributed by atoms with van der Waals surface area (Å²) in [5.74, 6) is -1.60. The smallest absolute Gasteiger partial charge is 0.417 e. The van der Waals surface area contributed by atoms with Gasteiger partial charge in [-0.25, -0.2) is 8.42 Å². The Hall–Kier alpha value is -2.92. The lowest BCUT2D eigenvalue weighted by molar-refractivity contribution is -0.153. The first-order valence-electron chi connectivity index (χ1n) is 10.8. The minimum Gasteiger partial charge on any atom is -0.455 e. The number of carbonyl (C=O) groups excluding carboxylic acids is 2. The number of ether oxygens (including phenoxy) is 1. The Bertz CT molecular complexity index is 1190. The van der Waals surface area contributed by atoms with E-state index in [0.717, 1.165) is 40.2 Å². The number of amides is 1. The van der Waals surface area contributed by atoms with Crippen LogP contribution in [0.15, 0.2) is 53.4 Å². The molecule has 0 aromatic heterocycles. The van der Waals surface area contributed by atoms with Crippen molar-refractivity contribution < 1.29 is 35.9 Å². The predicted octanol–water partition coefficient (Wildman–Crippen LogP) is 3.24. The maximum absolute atomic E-state index is 13.3. The van der Waals surface area contributed by atoms with Crippen LogP contribution >= 0.6 is 0 Å². The third kappa shape index (κ3) is 4.80. The van der Waals surface area contributed by atoms with Crippen molar-refractivity contribution in [1.82, 2.24) is 4.31 Å². The second kappa shape index (κ2) is 9.38. The minimum atomic E-state index is -4.81. The lowest BCUT2D eigenvalue weighted by atomic mass is 9.98. The molecule has 7 nitrogen and oxygen atoms in total. The molecule has 1 fully saturated rings. The lowest BCUT2D eigenvalue weighted by Gasteiger charge is -2.30. The average molecular weight is 497 g/mol. The van der Waals surface area contributed by atoms with E-state index in [-0.39, 0.29) is 31.8 Å². The molecule has 2 heterocycles. The molecule has 4 rings (SSSR count). The first-order valence-corrected chi connectivity index (χ1v) is 12.2. The van der Waals surface area contributed by atoms with Gasteiger partial charge in [0.15, 0.2) is 6.61 Å². The number of sulfonamides is 1. The van der Waals surface area contributed by atoms with Crippen molar-refractivity contribution in [2.45, 2.75) is 30.3 Å². The Morgan fingerprint density at radius 3 is 2.32 bits per heavy atom. The number of fused-ring (bicyclic) bond motifs is 1. The van der Waals surface area contributed by atoms with Crippen LogP contribution in [0.5, 0.6) is 0 Å². The molecular weight excluding hydrogens is 473 g/mol.